The van der Waals surface area contributed by atoms with Crippen LogP contribution in [0.25, 0.3) is 0 Å². The number of nitrogens with zero attached hydrogens (tertiary/aromatic N) is 4. The molecule has 0 atom stereocenters. The largest absolute Gasteiger partial charge is 0.172 e. The summed E-state index contributed by atoms with van der Waals surface area (Å²) >= 11 is 1.93. The highest BCUT2D eigenvalue weighted by Gasteiger charge is 1.87. The Morgan fingerprint density at radius 3 is 2.57 bits per heavy atom. The SMILES string of the molecule is Cc1nnn(I)n1. The molecule has 1 aromatic heterocycles. The van der Waals surface area contributed by atoms with Crippen LogP contribution in [0.15, 0.2) is 0 Å². The Bertz CT molecular complexity index is 142. The van der Waals surface area contributed by atoms with Crippen molar-refractivity contribution in [1.29, 1.82) is 0 Å². The maximum absolute atomic E-state index is 3.79. The lowest BCUT2D eigenvalue weighted by Gasteiger charge is -1.69. The van der Waals surface area contributed by atoms with Gasteiger partial charge in [0.1, 0.15) is 22.9 Å². The number of hydrogen-bond donors (Lipinski definition) is 0. The molecule has 0 saturated carbocycles. The third kappa shape index (κ3) is 1.08. The van der Waals surface area contributed by atoms with Crippen LogP contribution in [0.2, 0.25) is 0 Å². The molecule has 0 N–H and O–H groups in total. The molecule has 5 heteroatoms. The van der Waals surface area contributed by atoms with Gasteiger partial charge in [-0.3, -0.25) is 0 Å². The van der Waals surface area contributed by atoms with Gasteiger partial charge in [0.2, 0.25) is 0 Å². The number of hydrogen-bond acceptors (Lipinski definition) is 3. The van der Waals surface area contributed by atoms with Crippen LogP contribution in [-0.2, 0) is 0 Å². The number of rotatable bonds is 0. The van der Waals surface area contributed by atoms with Crippen molar-refractivity contribution in [3.8, 4) is 0 Å². The molecule has 1 heterocycles. The summed E-state index contributed by atoms with van der Waals surface area (Å²) in [6.45, 7) is 1.79. The van der Waals surface area contributed by atoms with Gasteiger partial charge in [0.15, 0.2) is 5.82 Å². The topological polar surface area (TPSA) is 43.6 Å². The van der Waals surface area contributed by atoms with E-state index in [1.807, 2.05) is 22.9 Å². The van der Waals surface area contributed by atoms with E-state index in [1.54, 1.807) is 6.92 Å². The summed E-state index contributed by atoms with van der Waals surface area (Å²) in [5.74, 6) is 0.703. The van der Waals surface area contributed by atoms with E-state index in [9.17, 15) is 0 Å². The Labute approximate surface area is 54.4 Å². The van der Waals surface area contributed by atoms with Crippen LogP contribution in [0.3, 0.4) is 0 Å². The second-order valence-corrected chi connectivity index (χ2v) is 1.94. The molecule has 0 radical (unpaired) electrons. The molecule has 0 spiro atoms. The van der Waals surface area contributed by atoms with E-state index in [4.69, 9.17) is 0 Å². The van der Waals surface area contributed by atoms with Crippen molar-refractivity contribution in [3.05, 3.63) is 5.82 Å². The van der Waals surface area contributed by atoms with Crippen molar-refractivity contribution < 1.29 is 0 Å². The van der Waals surface area contributed by atoms with E-state index < -0.39 is 0 Å². The number of aromatic nitrogens is 4. The molecular weight excluding hydrogens is 207 g/mol. The highest BCUT2D eigenvalue weighted by atomic mass is 127. The van der Waals surface area contributed by atoms with Crippen LogP contribution < -0.4 is 0 Å². The van der Waals surface area contributed by atoms with Gasteiger partial charge in [0.05, 0.1) is 0 Å². The van der Waals surface area contributed by atoms with Crippen molar-refractivity contribution in [2.75, 3.05) is 0 Å². The zero-order valence-electron chi connectivity index (χ0n) is 3.67. The zero-order valence-corrected chi connectivity index (χ0v) is 5.82. The molecular formula is C2H3IN4. The lowest BCUT2D eigenvalue weighted by molar-refractivity contribution is 0.853. The Kier molecular flexibility index (Phi) is 1.22. The molecule has 0 amide bonds. The average molecular weight is 210 g/mol. The monoisotopic (exact) mass is 210 g/mol. The predicted octanol–water partition coefficient (Wildman–Crippen LogP) is 0.180. The summed E-state index contributed by atoms with van der Waals surface area (Å²) in [5.41, 5.74) is 0. The second-order valence-electron chi connectivity index (χ2n) is 1.08. The fraction of sp³-hybridized carbons (Fsp3) is 0.500. The molecule has 0 aliphatic carbocycles. The summed E-state index contributed by atoms with van der Waals surface area (Å²) in [4.78, 5) is 0. The van der Waals surface area contributed by atoms with Crippen molar-refractivity contribution in [1.82, 2.24) is 18.4 Å². The quantitative estimate of drug-likeness (QED) is 0.573. The second kappa shape index (κ2) is 1.73. The molecule has 0 unspecified atom stereocenters. The molecule has 0 saturated heterocycles. The molecule has 1 aromatic rings. The van der Waals surface area contributed by atoms with Crippen molar-refractivity contribution >= 4 is 22.9 Å². The van der Waals surface area contributed by atoms with E-state index in [0.717, 1.165) is 0 Å². The third-order valence-electron chi connectivity index (χ3n) is 0.490. The molecule has 38 valence electrons. The normalized spacial score (nSPS) is 9.43. The van der Waals surface area contributed by atoms with Gasteiger partial charge in [-0.1, -0.05) is 0 Å². The molecule has 0 fully saturated rings. The number of halogens is 1. The molecule has 0 bridgehead atoms. The first kappa shape index (κ1) is 4.95. The van der Waals surface area contributed by atoms with Gasteiger partial charge in [0.25, 0.3) is 0 Å². The van der Waals surface area contributed by atoms with Crippen LogP contribution in [0.5, 0.6) is 0 Å². The first-order valence-corrected chi connectivity index (χ1v) is 2.68. The van der Waals surface area contributed by atoms with Gasteiger partial charge >= 0.3 is 0 Å². The fourth-order valence-electron chi connectivity index (χ4n) is 0.261. The summed E-state index contributed by atoms with van der Waals surface area (Å²) < 4.78 is 1.40. The molecule has 0 aliphatic heterocycles. The van der Waals surface area contributed by atoms with Gasteiger partial charge in [-0.25, -0.2) is 0 Å². The zero-order chi connectivity index (χ0) is 5.28. The van der Waals surface area contributed by atoms with Crippen LogP contribution in [0.4, 0.5) is 0 Å². The molecule has 7 heavy (non-hydrogen) atoms. The molecule has 0 aromatic carbocycles. The van der Waals surface area contributed by atoms with E-state index >= 15 is 0 Å². The lowest BCUT2D eigenvalue weighted by Crippen LogP contribution is -1.81. The average Bonchev–Trinajstić information content (AvgIpc) is 1.87. The van der Waals surface area contributed by atoms with Crippen molar-refractivity contribution in [2.45, 2.75) is 6.92 Å². The first-order chi connectivity index (χ1) is 3.29. The van der Waals surface area contributed by atoms with E-state index in [2.05, 4.69) is 15.4 Å². The third-order valence-corrected chi connectivity index (χ3v) is 0.899. The van der Waals surface area contributed by atoms with E-state index in [-0.39, 0.29) is 0 Å². The fourth-order valence-corrected chi connectivity index (χ4v) is 0.670. The summed E-state index contributed by atoms with van der Waals surface area (Å²) in [5, 5.41) is 11.0. The predicted molar refractivity (Wildman–Crippen MR) is 32.0 cm³/mol. The Balaban J connectivity index is 3.04. The number of tetrazole rings is 1. The lowest BCUT2D eigenvalue weighted by atomic mass is 10.8. The Morgan fingerprint density at radius 2 is 2.43 bits per heavy atom. The Morgan fingerprint density at radius 1 is 1.71 bits per heavy atom. The van der Waals surface area contributed by atoms with Crippen LogP contribution >= 0.6 is 22.9 Å². The van der Waals surface area contributed by atoms with Crippen LogP contribution in [0.1, 0.15) is 5.82 Å². The minimum atomic E-state index is 0.703. The maximum atomic E-state index is 3.79. The number of aryl methyl sites for hydroxylation is 1. The van der Waals surface area contributed by atoms with Crippen molar-refractivity contribution in [2.24, 2.45) is 0 Å². The van der Waals surface area contributed by atoms with E-state index in [0.29, 0.717) is 5.82 Å². The van der Waals surface area contributed by atoms with Crippen molar-refractivity contribution in [3.63, 3.8) is 0 Å². The molecule has 4 nitrogen and oxygen atoms in total. The first-order valence-electron chi connectivity index (χ1n) is 1.72. The van der Waals surface area contributed by atoms with Gasteiger partial charge in [-0.05, 0) is 12.1 Å². The minimum absolute atomic E-state index is 0.703. The summed E-state index contributed by atoms with van der Waals surface area (Å²) in [7, 11) is 0. The van der Waals surface area contributed by atoms with Gasteiger partial charge in [-0.15, -0.1) is 13.2 Å². The highest BCUT2D eigenvalue weighted by molar-refractivity contribution is 14.1. The molecule has 0 aliphatic rings. The summed E-state index contributed by atoms with van der Waals surface area (Å²) in [6, 6.07) is 0. The highest BCUT2D eigenvalue weighted by Crippen LogP contribution is 1.84. The standard InChI is InChI=1S/C2H3IN4/c1-2-4-6-7(3)5-2/h1H3. The van der Waals surface area contributed by atoms with E-state index in [1.165, 1.54) is 3.01 Å². The van der Waals surface area contributed by atoms with Gasteiger partial charge in [-0.2, -0.15) is 0 Å². The summed E-state index contributed by atoms with van der Waals surface area (Å²) in [6.07, 6.45) is 0. The molecule has 1 rings (SSSR count). The van der Waals surface area contributed by atoms with Crippen LogP contribution in [-0.4, -0.2) is 18.4 Å². The smallest absolute Gasteiger partial charge is 0.127 e. The minimum Gasteiger partial charge on any atom is -0.127 e. The maximum Gasteiger partial charge on any atom is 0.172 e. The van der Waals surface area contributed by atoms with Gasteiger partial charge < -0.3 is 0 Å². The van der Waals surface area contributed by atoms with Gasteiger partial charge in [0, 0.05) is 0 Å². The Hall–Kier alpha value is -0.200. The van der Waals surface area contributed by atoms with Crippen LogP contribution in [0, 0.1) is 6.92 Å².